The maximum atomic E-state index is 5.93. The van der Waals surface area contributed by atoms with Crippen LogP contribution in [-0.4, -0.2) is 18.8 Å². The van der Waals surface area contributed by atoms with Crippen molar-refractivity contribution in [3.63, 3.8) is 0 Å². The predicted octanol–water partition coefficient (Wildman–Crippen LogP) is 2.16. The van der Waals surface area contributed by atoms with Gasteiger partial charge in [-0.3, -0.25) is 4.99 Å². The van der Waals surface area contributed by atoms with Gasteiger partial charge in [-0.05, 0) is 11.6 Å². The summed E-state index contributed by atoms with van der Waals surface area (Å²) in [6.45, 7) is 1.56. The second kappa shape index (κ2) is 4.29. The maximum Gasteiger partial charge on any atom is 0.104 e. The van der Waals surface area contributed by atoms with E-state index in [1.807, 2.05) is 36.4 Å². The van der Waals surface area contributed by atoms with Crippen molar-refractivity contribution in [2.75, 3.05) is 13.1 Å². The molecule has 0 atom stereocenters. The fourth-order valence-electron chi connectivity index (χ4n) is 1.35. The van der Waals surface area contributed by atoms with Gasteiger partial charge < -0.3 is 5.32 Å². The van der Waals surface area contributed by atoms with Crippen molar-refractivity contribution in [3.8, 4) is 0 Å². The van der Waals surface area contributed by atoms with Crippen LogP contribution >= 0.6 is 11.6 Å². The van der Waals surface area contributed by atoms with Crippen LogP contribution in [0.15, 0.2) is 46.6 Å². The van der Waals surface area contributed by atoms with Crippen LogP contribution < -0.4 is 5.32 Å². The Morgan fingerprint density at radius 2 is 2.00 bits per heavy atom. The molecule has 0 bridgehead atoms. The number of nitrogens with one attached hydrogen (secondary N) is 1. The average Bonchev–Trinajstić information content (AvgIpc) is 2.44. The van der Waals surface area contributed by atoms with Crippen LogP contribution in [-0.2, 0) is 0 Å². The molecule has 1 aliphatic rings. The molecule has 2 nitrogen and oxygen atoms in total. The normalized spacial score (nSPS) is 16.4. The van der Waals surface area contributed by atoms with E-state index < -0.39 is 0 Å². The van der Waals surface area contributed by atoms with Crippen molar-refractivity contribution in [3.05, 3.63) is 47.1 Å². The van der Waals surface area contributed by atoms with Gasteiger partial charge in [-0.2, -0.15) is 0 Å². The Kier molecular flexibility index (Phi) is 2.84. The number of benzene rings is 1. The highest BCUT2D eigenvalue weighted by Crippen LogP contribution is 2.08. The molecule has 1 aromatic carbocycles. The third-order valence-electron chi connectivity index (χ3n) is 2.02. The molecular formula is C11H11ClN2. The maximum absolute atomic E-state index is 5.93. The topological polar surface area (TPSA) is 24.4 Å². The molecule has 14 heavy (non-hydrogen) atoms. The zero-order valence-electron chi connectivity index (χ0n) is 7.70. The lowest BCUT2D eigenvalue weighted by Gasteiger charge is -1.99. The van der Waals surface area contributed by atoms with E-state index in [1.54, 1.807) is 0 Å². The van der Waals surface area contributed by atoms with Gasteiger partial charge in [0.05, 0.1) is 12.3 Å². The summed E-state index contributed by atoms with van der Waals surface area (Å²) in [5.74, 6) is 0. The summed E-state index contributed by atoms with van der Waals surface area (Å²) in [4.78, 5) is 4.44. The monoisotopic (exact) mass is 206 g/mol. The smallest absolute Gasteiger partial charge is 0.104 e. The molecule has 0 aliphatic carbocycles. The molecule has 0 unspecified atom stereocenters. The first-order valence-corrected chi connectivity index (χ1v) is 4.95. The lowest BCUT2D eigenvalue weighted by atomic mass is 10.1. The molecule has 0 saturated carbocycles. The third-order valence-corrected chi connectivity index (χ3v) is 2.26. The Morgan fingerprint density at radius 3 is 2.79 bits per heavy atom. The van der Waals surface area contributed by atoms with E-state index in [4.69, 9.17) is 11.6 Å². The molecule has 72 valence electrons. The number of aliphatic imine (C=N–C) groups is 1. The van der Waals surface area contributed by atoms with Crippen LogP contribution in [0.25, 0.3) is 0 Å². The van der Waals surface area contributed by atoms with Crippen LogP contribution in [0.2, 0.25) is 0 Å². The molecule has 1 aromatic rings. The fourth-order valence-corrected chi connectivity index (χ4v) is 1.55. The Morgan fingerprint density at radius 1 is 1.21 bits per heavy atom. The van der Waals surface area contributed by atoms with Gasteiger partial charge in [-0.25, -0.2) is 0 Å². The molecule has 0 saturated heterocycles. The van der Waals surface area contributed by atoms with Crippen LogP contribution in [0.5, 0.6) is 0 Å². The zero-order chi connectivity index (χ0) is 9.80. The second-order valence-corrected chi connectivity index (χ2v) is 3.46. The van der Waals surface area contributed by atoms with Gasteiger partial charge in [0.25, 0.3) is 0 Å². The summed E-state index contributed by atoms with van der Waals surface area (Å²) >= 11 is 5.93. The Labute approximate surface area is 88.3 Å². The first-order chi connectivity index (χ1) is 6.86. The lowest BCUT2D eigenvalue weighted by Crippen LogP contribution is -2.11. The zero-order valence-corrected chi connectivity index (χ0v) is 8.46. The Hall–Kier alpha value is -1.28. The standard InChI is InChI=1S/C11H11ClN2/c12-11-8-10(13-6-7-14-11)9-4-2-1-3-5-9/h1-5,8,14H,6-7H2. The number of halogens is 1. The highest BCUT2D eigenvalue weighted by Gasteiger charge is 2.04. The van der Waals surface area contributed by atoms with Crippen LogP contribution in [0.1, 0.15) is 5.56 Å². The SMILES string of the molecule is ClC1=CC(c2ccccc2)=NCCN1. The summed E-state index contributed by atoms with van der Waals surface area (Å²) in [6, 6.07) is 10.1. The van der Waals surface area contributed by atoms with Gasteiger partial charge in [0, 0.05) is 6.54 Å². The molecule has 0 fully saturated rings. The Balaban J connectivity index is 2.33. The van der Waals surface area contributed by atoms with Gasteiger partial charge in [0.15, 0.2) is 0 Å². The number of allylic oxidation sites excluding steroid dienone is 1. The highest BCUT2D eigenvalue weighted by molar-refractivity contribution is 6.31. The molecule has 0 aromatic heterocycles. The number of hydrogen-bond acceptors (Lipinski definition) is 2. The number of rotatable bonds is 1. The minimum atomic E-state index is 0.658. The quantitative estimate of drug-likeness (QED) is 0.700. The molecule has 1 heterocycles. The summed E-state index contributed by atoms with van der Waals surface area (Å²) in [7, 11) is 0. The first kappa shape index (κ1) is 9.28. The van der Waals surface area contributed by atoms with Crippen molar-refractivity contribution in [1.29, 1.82) is 0 Å². The van der Waals surface area contributed by atoms with E-state index in [1.165, 1.54) is 0 Å². The van der Waals surface area contributed by atoms with Crippen LogP contribution in [0, 0.1) is 0 Å². The first-order valence-electron chi connectivity index (χ1n) is 4.57. The van der Waals surface area contributed by atoms with E-state index in [2.05, 4.69) is 10.3 Å². The molecular weight excluding hydrogens is 196 g/mol. The van der Waals surface area contributed by atoms with Gasteiger partial charge in [-0.1, -0.05) is 41.9 Å². The molecule has 0 amide bonds. The molecule has 0 spiro atoms. The fraction of sp³-hybridized carbons (Fsp3) is 0.182. The lowest BCUT2D eigenvalue weighted by molar-refractivity contribution is 0.841. The van der Waals surface area contributed by atoms with Gasteiger partial charge in [0.1, 0.15) is 5.16 Å². The average molecular weight is 207 g/mol. The number of hydrogen-bond donors (Lipinski definition) is 1. The summed E-state index contributed by atoms with van der Waals surface area (Å²) in [6.07, 6.45) is 1.86. The van der Waals surface area contributed by atoms with E-state index in [-0.39, 0.29) is 0 Å². The van der Waals surface area contributed by atoms with Crippen molar-refractivity contribution in [2.45, 2.75) is 0 Å². The van der Waals surface area contributed by atoms with Crippen LogP contribution in [0.4, 0.5) is 0 Å². The number of nitrogens with zero attached hydrogens (tertiary/aromatic N) is 1. The van der Waals surface area contributed by atoms with E-state index in [0.717, 1.165) is 24.4 Å². The van der Waals surface area contributed by atoms with Crippen LogP contribution in [0.3, 0.4) is 0 Å². The minimum Gasteiger partial charge on any atom is -0.374 e. The largest absolute Gasteiger partial charge is 0.374 e. The van der Waals surface area contributed by atoms with Gasteiger partial charge in [-0.15, -0.1) is 0 Å². The summed E-state index contributed by atoms with van der Waals surface area (Å²) < 4.78 is 0. The van der Waals surface area contributed by atoms with E-state index >= 15 is 0 Å². The second-order valence-electron chi connectivity index (χ2n) is 3.05. The highest BCUT2D eigenvalue weighted by atomic mass is 35.5. The molecule has 1 N–H and O–H groups in total. The Bertz CT molecular complexity index is 368. The van der Waals surface area contributed by atoms with Gasteiger partial charge in [0.2, 0.25) is 0 Å². The van der Waals surface area contributed by atoms with E-state index in [0.29, 0.717) is 5.16 Å². The summed E-state index contributed by atoms with van der Waals surface area (Å²) in [5.41, 5.74) is 2.05. The van der Waals surface area contributed by atoms with Crippen molar-refractivity contribution in [2.24, 2.45) is 4.99 Å². The van der Waals surface area contributed by atoms with E-state index in [9.17, 15) is 0 Å². The summed E-state index contributed by atoms with van der Waals surface area (Å²) in [5, 5.41) is 3.71. The molecule has 0 radical (unpaired) electrons. The van der Waals surface area contributed by atoms with Gasteiger partial charge >= 0.3 is 0 Å². The molecule has 2 rings (SSSR count). The third kappa shape index (κ3) is 2.15. The van der Waals surface area contributed by atoms with Crippen molar-refractivity contribution in [1.82, 2.24) is 5.32 Å². The predicted molar refractivity (Wildman–Crippen MR) is 59.8 cm³/mol. The minimum absolute atomic E-state index is 0.658. The molecule has 1 aliphatic heterocycles. The van der Waals surface area contributed by atoms with Crippen molar-refractivity contribution >= 4 is 17.3 Å². The molecule has 3 heteroatoms. The van der Waals surface area contributed by atoms with Crippen molar-refractivity contribution < 1.29 is 0 Å².